The maximum absolute atomic E-state index is 12.9. The third kappa shape index (κ3) is 4.47. The van der Waals surface area contributed by atoms with Crippen LogP contribution in [-0.4, -0.2) is 61.1 Å². The van der Waals surface area contributed by atoms with Crippen molar-refractivity contribution in [3.05, 3.63) is 54.1 Å². The van der Waals surface area contributed by atoms with E-state index in [-0.39, 0.29) is 12.6 Å². The number of benzene rings is 2. The van der Waals surface area contributed by atoms with Crippen molar-refractivity contribution in [2.75, 3.05) is 26.2 Å². The van der Waals surface area contributed by atoms with Crippen molar-refractivity contribution in [1.29, 1.82) is 0 Å². The van der Waals surface area contributed by atoms with Crippen LogP contribution in [-0.2, 0) is 16.4 Å². The topological polar surface area (TPSA) is 60.9 Å². The fraction of sp³-hybridized carbons (Fsp3) is 0.500. The molecular weight excluding hydrogens is 396 g/mol. The van der Waals surface area contributed by atoms with Gasteiger partial charge in [0.25, 0.3) is 0 Å². The summed E-state index contributed by atoms with van der Waals surface area (Å²) in [4.78, 5) is 2.86. The van der Waals surface area contributed by atoms with Crippen molar-refractivity contribution in [2.45, 2.75) is 56.0 Å². The van der Waals surface area contributed by atoms with Gasteiger partial charge in [-0.05, 0) is 74.4 Å². The molecule has 6 heteroatoms. The number of likely N-dealkylation sites (tertiary alicyclic amines) is 1. The minimum Gasteiger partial charge on any atom is -0.395 e. The Labute approximate surface area is 180 Å². The largest absolute Gasteiger partial charge is 0.395 e. The quantitative estimate of drug-likeness (QED) is 0.733. The highest BCUT2D eigenvalue weighted by molar-refractivity contribution is 7.89. The fourth-order valence-corrected chi connectivity index (χ4v) is 6.41. The molecule has 2 saturated heterocycles. The molecule has 0 radical (unpaired) electrons. The Kier molecular flexibility index (Phi) is 6.58. The van der Waals surface area contributed by atoms with E-state index in [1.54, 1.807) is 12.1 Å². The molecule has 1 N–H and O–H groups in total. The minimum absolute atomic E-state index is 0.125. The van der Waals surface area contributed by atoms with Gasteiger partial charge in [0.2, 0.25) is 10.0 Å². The lowest BCUT2D eigenvalue weighted by Crippen LogP contribution is -2.37. The zero-order valence-electron chi connectivity index (χ0n) is 17.7. The molecule has 2 aromatic rings. The second kappa shape index (κ2) is 9.18. The van der Waals surface area contributed by atoms with Crippen LogP contribution >= 0.6 is 0 Å². The highest BCUT2D eigenvalue weighted by Crippen LogP contribution is 2.28. The zero-order chi connectivity index (χ0) is 21.1. The summed E-state index contributed by atoms with van der Waals surface area (Å²) in [6.45, 7) is 4.99. The Balaban J connectivity index is 1.42. The Morgan fingerprint density at radius 2 is 1.57 bits per heavy atom. The molecular formula is C24H32N2O3S. The molecule has 2 aliphatic heterocycles. The SMILES string of the molecule is C[C@@H]1CCCN1CCc1ccc(-c2ccc(S(=O)(=O)N3CCC[C@H]3CO)cc2)cc1. The summed E-state index contributed by atoms with van der Waals surface area (Å²) < 4.78 is 27.3. The number of hydrogen-bond acceptors (Lipinski definition) is 4. The summed E-state index contributed by atoms with van der Waals surface area (Å²) in [6.07, 6.45) is 5.19. The molecule has 5 nitrogen and oxygen atoms in total. The molecule has 2 fully saturated rings. The van der Waals surface area contributed by atoms with Gasteiger partial charge >= 0.3 is 0 Å². The summed E-state index contributed by atoms with van der Waals surface area (Å²) in [5, 5.41) is 9.47. The molecule has 2 aliphatic rings. The average molecular weight is 429 g/mol. The Bertz CT molecular complexity index is 941. The normalized spacial score (nSPS) is 23.3. The fourth-order valence-electron chi connectivity index (χ4n) is 4.72. The number of hydrogen-bond donors (Lipinski definition) is 1. The van der Waals surface area contributed by atoms with Crippen LogP contribution in [0.2, 0.25) is 0 Å². The van der Waals surface area contributed by atoms with Crippen molar-refractivity contribution in [3.63, 3.8) is 0 Å². The first-order chi connectivity index (χ1) is 14.5. The van der Waals surface area contributed by atoms with Gasteiger partial charge in [-0.3, -0.25) is 0 Å². The van der Waals surface area contributed by atoms with Crippen LogP contribution in [0.15, 0.2) is 53.4 Å². The van der Waals surface area contributed by atoms with Crippen molar-refractivity contribution in [2.24, 2.45) is 0 Å². The first-order valence-corrected chi connectivity index (χ1v) is 12.5. The molecule has 2 aromatic carbocycles. The molecule has 0 spiro atoms. The van der Waals surface area contributed by atoms with Gasteiger partial charge in [0.1, 0.15) is 0 Å². The molecule has 4 rings (SSSR count). The molecule has 2 heterocycles. The van der Waals surface area contributed by atoms with Crippen LogP contribution in [0.5, 0.6) is 0 Å². The van der Waals surface area contributed by atoms with Gasteiger partial charge < -0.3 is 10.0 Å². The summed E-state index contributed by atoms with van der Waals surface area (Å²) in [6, 6.07) is 16.1. The van der Waals surface area contributed by atoms with Gasteiger partial charge in [-0.25, -0.2) is 8.42 Å². The van der Waals surface area contributed by atoms with Crippen LogP contribution in [0.3, 0.4) is 0 Å². The molecule has 0 bridgehead atoms. The minimum atomic E-state index is -3.56. The van der Waals surface area contributed by atoms with Gasteiger partial charge in [-0.1, -0.05) is 36.4 Å². The van der Waals surface area contributed by atoms with Gasteiger partial charge in [0.05, 0.1) is 11.5 Å². The zero-order valence-corrected chi connectivity index (χ0v) is 18.5. The maximum atomic E-state index is 12.9. The van der Waals surface area contributed by atoms with Crippen molar-refractivity contribution in [1.82, 2.24) is 9.21 Å². The third-order valence-corrected chi connectivity index (χ3v) is 8.63. The second-order valence-corrected chi connectivity index (χ2v) is 10.5. The van der Waals surface area contributed by atoms with Gasteiger partial charge in [-0.2, -0.15) is 4.31 Å². The van der Waals surface area contributed by atoms with E-state index in [9.17, 15) is 13.5 Å². The van der Waals surface area contributed by atoms with Gasteiger partial charge in [0.15, 0.2) is 0 Å². The summed E-state index contributed by atoms with van der Waals surface area (Å²) >= 11 is 0. The van der Waals surface area contributed by atoms with E-state index in [0.717, 1.165) is 36.9 Å². The number of nitrogens with zero attached hydrogens (tertiary/aromatic N) is 2. The van der Waals surface area contributed by atoms with E-state index in [0.29, 0.717) is 17.5 Å². The van der Waals surface area contributed by atoms with E-state index in [1.165, 1.54) is 29.3 Å². The standard InChI is InChI=1S/C24H32N2O3S/c1-19-4-2-15-25(19)17-14-20-6-8-21(9-7-20)22-10-12-24(13-11-22)30(28,29)26-16-3-5-23(26)18-27/h6-13,19,23,27H,2-5,14-18H2,1H3/t19-,23+/m1/s1. The van der Waals surface area contributed by atoms with E-state index in [4.69, 9.17) is 0 Å². The molecule has 0 unspecified atom stereocenters. The second-order valence-electron chi connectivity index (χ2n) is 8.59. The lowest BCUT2D eigenvalue weighted by Gasteiger charge is -2.22. The molecule has 30 heavy (non-hydrogen) atoms. The summed E-state index contributed by atoms with van der Waals surface area (Å²) in [5.74, 6) is 0. The molecule has 0 saturated carbocycles. The number of rotatable bonds is 7. The van der Waals surface area contributed by atoms with Gasteiger partial charge in [-0.15, -0.1) is 0 Å². The highest BCUT2D eigenvalue weighted by Gasteiger charge is 2.34. The van der Waals surface area contributed by atoms with Crippen LogP contribution in [0.1, 0.15) is 38.2 Å². The molecule has 0 aliphatic carbocycles. The summed E-state index contributed by atoms with van der Waals surface area (Å²) in [5.41, 5.74) is 3.43. The molecule has 162 valence electrons. The maximum Gasteiger partial charge on any atom is 0.243 e. The Hall–Kier alpha value is -1.73. The van der Waals surface area contributed by atoms with Crippen molar-refractivity contribution < 1.29 is 13.5 Å². The Morgan fingerprint density at radius 1 is 0.933 bits per heavy atom. The molecule has 0 amide bonds. The van der Waals surface area contributed by atoms with Crippen LogP contribution in [0, 0.1) is 0 Å². The molecule has 2 atom stereocenters. The first kappa shape index (κ1) is 21.5. The predicted octanol–water partition coefficient (Wildman–Crippen LogP) is 3.53. The summed E-state index contributed by atoms with van der Waals surface area (Å²) in [7, 11) is -3.56. The predicted molar refractivity (Wildman–Crippen MR) is 120 cm³/mol. The highest BCUT2D eigenvalue weighted by atomic mass is 32.2. The van der Waals surface area contributed by atoms with E-state index < -0.39 is 10.0 Å². The van der Waals surface area contributed by atoms with Crippen LogP contribution in [0.25, 0.3) is 11.1 Å². The van der Waals surface area contributed by atoms with Crippen molar-refractivity contribution in [3.8, 4) is 11.1 Å². The number of aliphatic hydroxyl groups excluding tert-OH is 1. The van der Waals surface area contributed by atoms with E-state index in [1.807, 2.05) is 12.1 Å². The number of aliphatic hydroxyl groups is 1. The van der Waals surface area contributed by atoms with Gasteiger partial charge in [0, 0.05) is 25.2 Å². The van der Waals surface area contributed by atoms with Crippen molar-refractivity contribution >= 4 is 10.0 Å². The lowest BCUT2D eigenvalue weighted by atomic mass is 10.0. The monoisotopic (exact) mass is 428 g/mol. The lowest BCUT2D eigenvalue weighted by molar-refractivity contribution is 0.213. The van der Waals surface area contributed by atoms with Crippen LogP contribution < -0.4 is 0 Å². The first-order valence-electron chi connectivity index (χ1n) is 11.0. The third-order valence-electron chi connectivity index (χ3n) is 6.66. The average Bonchev–Trinajstić information content (AvgIpc) is 3.42. The Morgan fingerprint density at radius 3 is 2.17 bits per heavy atom. The van der Waals surface area contributed by atoms with E-state index in [2.05, 4.69) is 36.1 Å². The van der Waals surface area contributed by atoms with E-state index >= 15 is 0 Å². The van der Waals surface area contributed by atoms with Crippen LogP contribution in [0.4, 0.5) is 0 Å². The smallest absolute Gasteiger partial charge is 0.243 e. The number of sulfonamides is 1. The molecule has 0 aromatic heterocycles.